The second-order valence-corrected chi connectivity index (χ2v) is 8.74. The summed E-state index contributed by atoms with van der Waals surface area (Å²) in [6, 6.07) is 10.5. The molecule has 1 N–H and O–H groups in total. The van der Waals surface area contributed by atoms with Gasteiger partial charge >= 0.3 is 0 Å². The van der Waals surface area contributed by atoms with Crippen molar-refractivity contribution >= 4 is 10.0 Å². The summed E-state index contributed by atoms with van der Waals surface area (Å²) in [5, 5.41) is 0. The number of benzene rings is 1. The molecule has 0 unspecified atom stereocenters. The third-order valence-electron chi connectivity index (χ3n) is 5.13. The lowest BCUT2D eigenvalue weighted by Gasteiger charge is -2.25. The van der Waals surface area contributed by atoms with Gasteiger partial charge in [-0.3, -0.25) is 0 Å². The average molecular weight is 337 g/mol. The van der Waals surface area contributed by atoms with E-state index in [1.165, 1.54) is 5.56 Å². The maximum Gasteiger partial charge on any atom is 0.212 e. The Morgan fingerprint density at radius 3 is 2.52 bits per heavy atom. The molecule has 1 aliphatic carbocycles. The van der Waals surface area contributed by atoms with E-state index in [1.807, 2.05) is 6.07 Å². The van der Waals surface area contributed by atoms with Gasteiger partial charge in [0.15, 0.2) is 0 Å². The molecular weight excluding hydrogens is 310 g/mol. The molecule has 1 saturated carbocycles. The van der Waals surface area contributed by atoms with E-state index in [4.69, 9.17) is 4.74 Å². The second-order valence-electron chi connectivity index (χ2n) is 6.94. The fraction of sp³-hybridized carbons (Fsp3) is 0.667. The first-order valence-corrected chi connectivity index (χ1v) is 10.4. The van der Waals surface area contributed by atoms with Crippen LogP contribution in [0.4, 0.5) is 0 Å². The van der Waals surface area contributed by atoms with Gasteiger partial charge in [-0.2, -0.15) is 0 Å². The largest absolute Gasteiger partial charge is 0.381 e. The molecule has 1 saturated heterocycles. The van der Waals surface area contributed by atoms with Gasteiger partial charge in [-0.1, -0.05) is 36.8 Å². The molecule has 0 amide bonds. The van der Waals surface area contributed by atoms with Crippen LogP contribution in [0.3, 0.4) is 0 Å². The Morgan fingerprint density at radius 2 is 1.78 bits per heavy atom. The van der Waals surface area contributed by atoms with Gasteiger partial charge in [-0.25, -0.2) is 13.1 Å². The predicted molar refractivity (Wildman–Crippen MR) is 91.7 cm³/mol. The summed E-state index contributed by atoms with van der Waals surface area (Å²) in [6.07, 6.45) is 5.87. The SMILES string of the molecule is O=S(=O)(CC1CCOCC1)N[C@H]1CCC[C@H]1Cc1ccccc1. The molecule has 5 heteroatoms. The molecule has 1 aromatic rings. The van der Waals surface area contributed by atoms with E-state index < -0.39 is 10.0 Å². The zero-order valence-corrected chi connectivity index (χ0v) is 14.4. The first kappa shape index (κ1) is 16.9. The van der Waals surface area contributed by atoms with E-state index >= 15 is 0 Å². The summed E-state index contributed by atoms with van der Waals surface area (Å²) < 4.78 is 33.3. The Bertz CT molecular complexity index is 582. The summed E-state index contributed by atoms with van der Waals surface area (Å²) in [6.45, 7) is 1.39. The van der Waals surface area contributed by atoms with Crippen LogP contribution in [0, 0.1) is 11.8 Å². The summed E-state index contributed by atoms with van der Waals surface area (Å²) in [5.74, 6) is 0.919. The number of sulfonamides is 1. The molecule has 1 aromatic carbocycles. The van der Waals surface area contributed by atoms with Crippen LogP contribution >= 0.6 is 0 Å². The molecule has 2 aliphatic rings. The van der Waals surface area contributed by atoms with E-state index in [2.05, 4.69) is 29.0 Å². The van der Waals surface area contributed by atoms with Crippen LogP contribution in [-0.4, -0.2) is 33.4 Å². The minimum absolute atomic E-state index is 0.0973. The van der Waals surface area contributed by atoms with Crippen molar-refractivity contribution in [2.45, 2.75) is 44.6 Å². The zero-order valence-electron chi connectivity index (χ0n) is 13.6. The lowest BCUT2D eigenvalue weighted by Crippen LogP contribution is -2.41. The molecule has 1 heterocycles. The number of rotatable bonds is 6. The second kappa shape index (κ2) is 7.77. The molecule has 128 valence electrons. The molecule has 1 aliphatic heterocycles. The van der Waals surface area contributed by atoms with Crippen molar-refractivity contribution in [3.8, 4) is 0 Å². The van der Waals surface area contributed by atoms with Gasteiger partial charge in [0.25, 0.3) is 0 Å². The van der Waals surface area contributed by atoms with Crippen LogP contribution in [0.15, 0.2) is 30.3 Å². The molecular formula is C18H27NO3S. The number of nitrogens with one attached hydrogen (secondary N) is 1. The van der Waals surface area contributed by atoms with Crippen LogP contribution in [-0.2, 0) is 21.2 Å². The minimum Gasteiger partial charge on any atom is -0.381 e. The zero-order chi connectivity index (χ0) is 16.1. The molecule has 2 fully saturated rings. The summed E-state index contributed by atoms with van der Waals surface area (Å²) in [5.41, 5.74) is 1.30. The number of ether oxygens (including phenoxy) is 1. The lowest BCUT2D eigenvalue weighted by atomic mass is 9.95. The van der Waals surface area contributed by atoms with Gasteiger partial charge in [0.2, 0.25) is 10.0 Å². The summed E-state index contributed by atoms with van der Waals surface area (Å²) in [4.78, 5) is 0. The van der Waals surface area contributed by atoms with Crippen molar-refractivity contribution in [1.82, 2.24) is 4.72 Å². The summed E-state index contributed by atoms with van der Waals surface area (Å²) in [7, 11) is -3.20. The Balaban J connectivity index is 1.56. The van der Waals surface area contributed by atoms with Crippen LogP contribution in [0.2, 0.25) is 0 Å². The fourth-order valence-corrected chi connectivity index (χ4v) is 5.68. The van der Waals surface area contributed by atoms with Gasteiger partial charge in [0, 0.05) is 19.3 Å². The highest BCUT2D eigenvalue weighted by atomic mass is 32.2. The van der Waals surface area contributed by atoms with Crippen molar-refractivity contribution < 1.29 is 13.2 Å². The van der Waals surface area contributed by atoms with Crippen molar-refractivity contribution in [2.75, 3.05) is 19.0 Å². The molecule has 4 nitrogen and oxygen atoms in total. The van der Waals surface area contributed by atoms with E-state index in [9.17, 15) is 8.42 Å². The van der Waals surface area contributed by atoms with Crippen molar-refractivity contribution in [2.24, 2.45) is 11.8 Å². The topological polar surface area (TPSA) is 55.4 Å². The Hall–Kier alpha value is -0.910. The Kier molecular flexibility index (Phi) is 5.72. The standard InChI is InChI=1S/C18H27NO3S/c20-23(21,14-16-9-11-22-12-10-16)19-18-8-4-7-17(18)13-15-5-2-1-3-6-15/h1-3,5-6,16-19H,4,7-14H2/t17-,18-/m0/s1. The molecule has 0 radical (unpaired) electrons. The van der Waals surface area contributed by atoms with E-state index in [1.54, 1.807) is 0 Å². The molecule has 0 bridgehead atoms. The molecule has 2 atom stereocenters. The predicted octanol–water partition coefficient (Wildman–Crippen LogP) is 2.74. The molecule has 0 aromatic heterocycles. The maximum atomic E-state index is 12.5. The quantitative estimate of drug-likeness (QED) is 0.868. The van der Waals surface area contributed by atoms with Crippen LogP contribution in [0.1, 0.15) is 37.7 Å². The van der Waals surface area contributed by atoms with Crippen molar-refractivity contribution in [3.05, 3.63) is 35.9 Å². The smallest absolute Gasteiger partial charge is 0.212 e. The van der Waals surface area contributed by atoms with Gasteiger partial charge in [-0.15, -0.1) is 0 Å². The highest BCUT2D eigenvalue weighted by Crippen LogP contribution is 2.29. The van der Waals surface area contributed by atoms with Gasteiger partial charge in [0.05, 0.1) is 5.75 Å². The van der Waals surface area contributed by atoms with Crippen molar-refractivity contribution in [3.63, 3.8) is 0 Å². The van der Waals surface area contributed by atoms with Gasteiger partial charge in [-0.05, 0) is 49.5 Å². The molecule has 3 rings (SSSR count). The fourth-order valence-electron chi connectivity index (χ4n) is 3.86. The van der Waals surface area contributed by atoms with Gasteiger partial charge in [0.1, 0.15) is 0 Å². The van der Waals surface area contributed by atoms with Gasteiger partial charge < -0.3 is 4.74 Å². The third kappa shape index (κ3) is 5.03. The molecule has 23 heavy (non-hydrogen) atoms. The lowest BCUT2D eigenvalue weighted by molar-refractivity contribution is 0.0722. The highest BCUT2D eigenvalue weighted by Gasteiger charge is 2.32. The maximum absolute atomic E-state index is 12.5. The highest BCUT2D eigenvalue weighted by molar-refractivity contribution is 7.89. The minimum atomic E-state index is -3.20. The number of hydrogen-bond acceptors (Lipinski definition) is 3. The van der Waals surface area contributed by atoms with E-state index in [0.29, 0.717) is 19.1 Å². The van der Waals surface area contributed by atoms with Crippen LogP contribution in [0.25, 0.3) is 0 Å². The Morgan fingerprint density at radius 1 is 1.04 bits per heavy atom. The first-order chi connectivity index (χ1) is 11.1. The van der Waals surface area contributed by atoms with E-state index in [0.717, 1.165) is 38.5 Å². The average Bonchev–Trinajstić information content (AvgIpc) is 2.95. The van der Waals surface area contributed by atoms with Crippen LogP contribution < -0.4 is 4.72 Å². The van der Waals surface area contributed by atoms with Crippen molar-refractivity contribution in [1.29, 1.82) is 0 Å². The monoisotopic (exact) mass is 337 g/mol. The van der Waals surface area contributed by atoms with E-state index in [-0.39, 0.29) is 17.7 Å². The molecule has 0 spiro atoms. The first-order valence-electron chi connectivity index (χ1n) is 8.74. The number of hydrogen-bond donors (Lipinski definition) is 1. The third-order valence-corrected chi connectivity index (χ3v) is 6.70. The van der Waals surface area contributed by atoms with Crippen LogP contribution in [0.5, 0.6) is 0 Å². The summed E-state index contributed by atoms with van der Waals surface area (Å²) >= 11 is 0. The normalized spacial score (nSPS) is 26.4. The Labute approximate surface area is 139 Å².